The maximum absolute atomic E-state index is 8.52. The third-order valence-electron chi connectivity index (χ3n) is 0. The first-order valence-corrected chi connectivity index (χ1v) is 7.35. The molecule has 104 valence electrons. The van der Waals surface area contributed by atoms with Gasteiger partial charge in [-0.3, -0.25) is 0 Å². The minimum absolute atomic E-state index is 0. The summed E-state index contributed by atoms with van der Waals surface area (Å²) in [5.41, 5.74) is 0. The molecule has 0 spiro atoms. The SMILES string of the molecule is O.O=[Si]([O-])[O-].O=[Si]([O-])[O-].O=[Si]([O-])[O-].O=[Si]([O-])[O-].[Al+3].[Be+2].[Ca+2].[K+]. The monoisotopic (exact) mass is 437 g/mol. The van der Waals surface area contributed by atoms with Gasteiger partial charge in [-0.2, -0.15) is 0 Å². The Morgan fingerprint density at radius 1 is 0.524 bits per heavy atom. The van der Waals surface area contributed by atoms with Crippen molar-refractivity contribution in [3.63, 3.8) is 0 Å². The zero-order valence-electron chi connectivity index (χ0n) is 10.4. The third kappa shape index (κ3) is 2150. The van der Waals surface area contributed by atoms with Gasteiger partial charge in [-0.15, -0.1) is 0 Å². The van der Waals surface area contributed by atoms with E-state index in [1.807, 2.05) is 0 Å². The van der Waals surface area contributed by atoms with E-state index in [2.05, 4.69) is 0 Å². The standard InChI is InChI=1S/Al.Be.Ca.K.4O3Si.H2O/c;;;;4*1-4(2)3;/h;;;;;;;;1H2/q+3;2*+2;+1;4*-2;. The van der Waals surface area contributed by atoms with E-state index >= 15 is 0 Å². The van der Waals surface area contributed by atoms with Gasteiger partial charge in [0.2, 0.25) is 0 Å². The van der Waals surface area contributed by atoms with Crippen LogP contribution in [0, 0.1) is 0 Å². The molecule has 0 aliphatic carbocycles. The first kappa shape index (κ1) is 56.8. The zero-order valence-corrected chi connectivity index (χ0v) is 20.9. The van der Waals surface area contributed by atoms with Crippen molar-refractivity contribution in [2.45, 2.75) is 0 Å². The number of rotatable bonds is 0. The second-order valence-electron chi connectivity index (χ2n) is 1.00. The van der Waals surface area contributed by atoms with Gasteiger partial charge in [-0.05, 0) is 0 Å². The van der Waals surface area contributed by atoms with Gasteiger partial charge in [-0.25, -0.2) is 0 Å². The van der Waals surface area contributed by atoms with Crippen LogP contribution in [0.3, 0.4) is 0 Å². The molecule has 0 amide bonds. The van der Waals surface area contributed by atoms with Crippen LogP contribution in [0.2, 0.25) is 0 Å². The van der Waals surface area contributed by atoms with E-state index < -0.39 is 36.7 Å². The molecule has 0 aromatic heterocycles. The third-order valence-corrected chi connectivity index (χ3v) is 0. The summed E-state index contributed by atoms with van der Waals surface area (Å²) in [5, 5.41) is 0. The molecule has 0 heterocycles. The van der Waals surface area contributed by atoms with E-state index in [4.69, 9.17) is 56.2 Å². The van der Waals surface area contributed by atoms with Crippen LogP contribution in [0.4, 0.5) is 0 Å². The van der Waals surface area contributed by atoms with Gasteiger partial charge in [0.15, 0.2) is 0 Å². The van der Waals surface area contributed by atoms with Crippen molar-refractivity contribution in [3.8, 4) is 0 Å². The topological polar surface area (TPSA) is 284 Å². The molecule has 0 aliphatic heterocycles. The molecule has 21 heteroatoms. The molecule has 0 saturated heterocycles. The smallest absolute Gasteiger partial charge is 0.672 e. The Bertz CT molecular complexity index is 176. The van der Waals surface area contributed by atoms with Crippen molar-refractivity contribution in [2.24, 2.45) is 0 Å². The van der Waals surface area contributed by atoms with Gasteiger partial charge in [0.25, 0.3) is 0 Å². The van der Waals surface area contributed by atoms with Crippen LogP contribution in [0.1, 0.15) is 0 Å². The first-order chi connectivity index (χ1) is 6.93. The number of hydrogen-bond acceptors (Lipinski definition) is 12. The van der Waals surface area contributed by atoms with Crippen molar-refractivity contribution in [3.05, 3.63) is 0 Å². The fraction of sp³-hybridized carbons (Fsp3) is 0. The minimum atomic E-state index is -3.63. The molecule has 0 radical (unpaired) electrons. The Balaban J connectivity index is -0.0000000121. The molecular formula is H2AlBeCaKO13Si4. The molecule has 0 fully saturated rings. The molecule has 0 aromatic rings. The van der Waals surface area contributed by atoms with Gasteiger partial charge >= 0.3 is 117 Å². The summed E-state index contributed by atoms with van der Waals surface area (Å²) in [6.07, 6.45) is 0. The Labute approximate surface area is 211 Å². The Morgan fingerprint density at radius 2 is 0.524 bits per heavy atom. The second-order valence-corrected chi connectivity index (χ2v) is 3.00. The Hall–Kier alpha value is 2.02. The fourth-order valence-corrected chi connectivity index (χ4v) is 0. The van der Waals surface area contributed by atoms with Crippen molar-refractivity contribution in [1.29, 1.82) is 0 Å². The van der Waals surface area contributed by atoms with E-state index in [0.29, 0.717) is 0 Å². The Kier molecular flexibility index (Phi) is 134. The van der Waals surface area contributed by atoms with Gasteiger partial charge < -0.3 is 61.7 Å². The van der Waals surface area contributed by atoms with Crippen LogP contribution in [-0.2, 0) is 17.8 Å². The Morgan fingerprint density at radius 3 is 0.524 bits per heavy atom. The van der Waals surface area contributed by atoms with Crippen LogP contribution >= 0.6 is 0 Å². The van der Waals surface area contributed by atoms with Crippen molar-refractivity contribution >= 4 is 102 Å². The summed E-state index contributed by atoms with van der Waals surface area (Å²) in [4.78, 5) is 68.1. The molecule has 21 heavy (non-hydrogen) atoms. The summed E-state index contributed by atoms with van der Waals surface area (Å²) in [5.74, 6) is 0. The fourth-order valence-electron chi connectivity index (χ4n) is 0. The van der Waals surface area contributed by atoms with Gasteiger partial charge in [0, 0.05) is 36.7 Å². The van der Waals surface area contributed by atoms with Crippen LogP contribution in [0.25, 0.3) is 0 Å². The summed E-state index contributed by atoms with van der Waals surface area (Å²) in [6.45, 7) is 0. The molecule has 13 nitrogen and oxygen atoms in total. The van der Waals surface area contributed by atoms with Crippen molar-refractivity contribution in [1.82, 2.24) is 0 Å². The molecule has 0 bridgehead atoms. The van der Waals surface area contributed by atoms with E-state index in [1.54, 1.807) is 0 Å². The van der Waals surface area contributed by atoms with Gasteiger partial charge in [-0.1, -0.05) is 0 Å². The summed E-state index contributed by atoms with van der Waals surface area (Å²) in [7, 11) is -14.5. The van der Waals surface area contributed by atoms with E-state index in [9.17, 15) is 0 Å². The quantitative estimate of drug-likeness (QED) is 0.319. The summed E-state index contributed by atoms with van der Waals surface area (Å²) < 4.78 is 34.1. The van der Waals surface area contributed by atoms with Crippen LogP contribution < -0.4 is 89.7 Å². The largest absolute Gasteiger partial charge is 3.00 e. The van der Waals surface area contributed by atoms with Gasteiger partial charge in [0.05, 0.1) is 0 Å². The minimum Gasteiger partial charge on any atom is -0.672 e. The molecule has 0 rings (SSSR count). The van der Waals surface area contributed by atoms with Crippen LogP contribution in [0.15, 0.2) is 0 Å². The average Bonchev–Trinajstić information content (AvgIpc) is 1.76. The zero-order chi connectivity index (χ0) is 14.3. The molecule has 2 N–H and O–H groups in total. The second kappa shape index (κ2) is 49.5. The van der Waals surface area contributed by atoms with Crippen LogP contribution in [0.5, 0.6) is 0 Å². The van der Waals surface area contributed by atoms with Gasteiger partial charge in [0.1, 0.15) is 0 Å². The predicted molar refractivity (Wildman–Crippen MR) is 46.6 cm³/mol. The maximum atomic E-state index is 8.52. The molecule has 0 aliphatic rings. The molecule has 0 unspecified atom stereocenters. The van der Waals surface area contributed by atoms with E-state index in [0.717, 1.165) is 0 Å². The van der Waals surface area contributed by atoms with Crippen molar-refractivity contribution < 1.29 is 113 Å². The summed E-state index contributed by atoms with van der Waals surface area (Å²) in [6, 6.07) is 0. The molecule has 0 saturated carbocycles. The summed E-state index contributed by atoms with van der Waals surface area (Å²) >= 11 is 0. The molecular weight excluding hydrogens is 436 g/mol. The first-order valence-electron chi connectivity index (χ1n) is 2.45. The van der Waals surface area contributed by atoms with E-state index in [1.165, 1.54) is 0 Å². The van der Waals surface area contributed by atoms with Crippen molar-refractivity contribution in [2.75, 3.05) is 0 Å². The average molecular weight is 438 g/mol. The molecule has 0 atom stereocenters. The predicted octanol–water partition coefficient (Wildman–Crippen LogP) is -16.5. The normalized spacial score (nSPS) is 4.57. The van der Waals surface area contributed by atoms with E-state index in [-0.39, 0.29) is 122 Å². The number of hydrogen-bond donors (Lipinski definition) is 0. The van der Waals surface area contributed by atoms with Crippen LogP contribution in [-0.4, -0.2) is 107 Å². The maximum Gasteiger partial charge on any atom is 3.00 e. The molecule has 0 aromatic carbocycles.